The van der Waals surface area contributed by atoms with Crippen LogP contribution in [0.2, 0.25) is 0 Å². The molecule has 0 nitrogen and oxygen atoms in total. The molecule has 3 atom stereocenters. The first kappa shape index (κ1) is 25.3. The molecule has 0 amide bonds. The number of allylic oxidation sites excluding steroid dienone is 6. The van der Waals surface area contributed by atoms with E-state index in [0.29, 0.717) is 5.41 Å². The van der Waals surface area contributed by atoms with Crippen molar-refractivity contribution in [2.45, 2.75) is 84.5 Å². The number of hydrogen-bond donors (Lipinski definition) is 0. The van der Waals surface area contributed by atoms with Gasteiger partial charge in [0.1, 0.15) is 0 Å². The topological polar surface area (TPSA) is 0 Å². The van der Waals surface area contributed by atoms with Crippen LogP contribution in [0.1, 0.15) is 84.5 Å². The minimum atomic E-state index is 0. The summed E-state index contributed by atoms with van der Waals surface area (Å²) in [7, 11) is 0. The van der Waals surface area contributed by atoms with E-state index in [0.717, 1.165) is 41.4 Å². The Labute approximate surface area is 216 Å². The third-order valence-corrected chi connectivity index (χ3v) is 9.84. The van der Waals surface area contributed by atoms with Crippen molar-refractivity contribution in [2.24, 2.45) is 46.8 Å². The zero-order valence-electron chi connectivity index (χ0n) is 18.8. The first-order valence-corrected chi connectivity index (χ1v) is 12.2. The maximum Gasteiger partial charge on any atom is 2.00 e. The van der Waals surface area contributed by atoms with Crippen molar-refractivity contribution in [3.63, 3.8) is 0 Å². The first-order chi connectivity index (χ1) is 13.1. The van der Waals surface area contributed by atoms with E-state index in [4.69, 9.17) is 0 Å². The first-order valence-electron chi connectivity index (χ1n) is 12.2. The van der Waals surface area contributed by atoms with Gasteiger partial charge in [-0.15, -0.1) is 0 Å². The summed E-state index contributed by atoms with van der Waals surface area (Å²) in [5.41, 5.74) is 6.33. The van der Waals surface area contributed by atoms with Gasteiger partial charge in [-0.1, -0.05) is 43.2 Å². The molecule has 4 bridgehead atoms. The van der Waals surface area contributed by atoms with Crippen LogP contribution in [0.25, 0.3) is 0 Å². The van der Waals surface area contributed by atoms with Gasteiger partial charge in [0.2, 0.25) is 0 Å². The molecule has 30 heavy (non-hydrogen) atoms. The molecule has 4 saturated carbocycles. The summed E-state index contributed by atoms with van der Waals surface area (Å²) in [4.78, 5) is 0. The molecule has 3 unspecified atom stereocenters. The van der Waals surface area contributed by atoms with Crippen LogP contribution in [-0.4, -0.2) is 0 Å². The van der Waals surface area contributed by atoms with E-state index in [2.05, 4.69) is 32.1 Å². The van der Waals surface area contributed by atoms with Gasteiger partial charge in [-0.25, -0.2) is 0 Å². The van der Waals surface area contributed by atoms with Gasteiger partial charge < -0.3 is 24.8 Å². The van der Waals surface area contributed by atoms with E-state index in [1.807, 2.05) is 16.7 Å². The molecule has 0 radical (unpaired) electrons. The summed E-state index contributed by atoms with van der Waals surface area (Å²) in [6.07, 6.45) is 24.1. The van der Waals surface area contributed by atoms with Gasteiger partial charge in [-0.2, -0.15) is 0 Å². The van der Waals surface area contributed by atoms with Crippen LogP contribution in [0.4, 0.5) is 0 Å². The van der Waals surface area contributed by atoms with Crippen molar-refractivity contribution >= 4 is 0 Å². The van der Waals surface area contributed by atoms with Gasteiger partial charge in [-0.3, -0.25) is 0 Å². The Bertz CT molecular complexity index is 696. The molecule has 7 aliphatic carbocycles. The molecule has 0 aromatic heterocycles. The quantitative estimate of drug-likeness (QED) is 0.491. The second-order valence-corrected chi connectivity index (χ2v) is 11.8. The average molecular weight is 525 g/mol. The molecule has 7 aliphatic rings. The minimum absolute atomic E-state index is 0. The van der Waals surface area contributed by atoms with E-state index in [1.54, 1.807) is 38.5 Å². The Hall–Kier alpha value is 0.683. The van der Waals surface area contributed by atoms with Crippen LogP contribution < -0.4 is 24.8 Å². The number of halogens is 2. The van der Waals surface area contributed by atoms with E-state index >= 15 is 0 Å². The molecule has 164 valence electrons. The molecule has 4 fully saturated rings. The van der Waals surface area contributed by atoms with Gasteiger partial charge in [0, 0.05) is 0 Å². The molecule has 0 spiro atoms. The molecule has 0 heterocycles. The minimum Gasteiger partial charge on any atom is -1.00 e. The van der Waals surface area contributed by atoms with Gasteiger partial charge in [-0.05, 0) is 123 Å². The smallest absolute Gasteiger partial charge is 1.00 e. The van der Waals surface area contributed by atoms with Crippen LogP contribution in [-0.2, 0) is 26.2 Å². The van der Waals surface area contributed by atoms with Crippen LogP contribution in [0.15, 0.2) is 34.9 Å². The molecular weight excluding hydrogens is 486 g/mol. The standard InChI is InChI=1S/C27H38.2ClH.Zr/c1-17(2)23-13-24(21-6-4-3-5-7-21)26-12-22(11-25(23)26)27-14-18-8-19(15-27)10-20(9-18)16-27;;;/h3-4,11,17-21,23-24H,5-10,12-16H2,1-2H3;2*1H;/q;;;+2/p-2. The Morgan fingerprint density at radius 2 is 1.53 bits per heavy atom. The summed E-state index contributed by atoms with van der Waals surface area (Å²) in [5, 5.41) is 0. The van der Waals surface area contributed by atoms with Crippen molar-refractivity contribution in [3.05, 3.63) is 34.9 Å². The summed E-state index contributed by atoms with van der Waals surface area (Å²) in [6, 6.07) is 0. The van der Waals surface area contributed by atoms with Crippen molar-refractivity contribution in [1.82, 2.24) is 0 Å². The normalized spacial score (nSPS) is 43.1. The number of rotatable bonds is 3. The molecule has 3 heteroatoms. The predicted molar refractivity (Wildman–Crippen MR) is 113 cm³/mol. The van der Waals surface area contributed by atoms with Crippen LogP contribution in [0.3, 0.4) is 0 Å². The Kier molecular flexibility index (Phi) is 8.02. The van der Waals surface area contributed by atoms with E-state index in [9.17, 15) is 0 Å². The second kappa shape index (κ2) is 9.51. The van der Waals surface area contributed by atoms with Gasteiger partial charge in [0.05, 0.1) is 0 Å². The molecular formula is C27H38Cl2Zr. The SMILES string of the molecule is CC(C)C1CC(C2CC=CCC2)C2=C1C=C(C13CC4CC(CC(C4)C1)C3)C2.[Cl-].[Cl-].[Zr+2]. The Balaban J connectivity index is 0.000000853. The fourth-order valence-corrected chi connectivity index (χ4v) is 9.01. The largest absolute Gasteiger partial charge is 2.00 e. The molecule has 0 aromatic rings. The average Bonchev–Trinajstić information content (AvgIpc) is 3.21. The van der Waals surface area contributed by atoms with Crippen LogP contribution in [0.5, 0.6) is 0 Å². The summed E-state index contributed by atoms with van der Waals surface area (Å²) < 4.78 is 0. The van der Waals surface area contributed by atoms with Crippen LogP contribution in [0, 0.1) is 46.8 Å². The van der Waals surface area contributed by atoms with E-state index in [-0.39, 0.29) is 51.0 Å². The Morgan fingerprint density at radius 3 is 2.07 bits per heavy atom. The second-order valence-electron chi connectivity index (χ2n) is 11.8. The predicted octanol–water partition coefficient (Wildman–Crippen LogP) is 1.48. The third kappa shape index (κ3) is 4.05. The molecule has 7 rings (SSSR count). The molecule has 0 N–H and O–H groups in total. The van der Waals surface area contributed by atoms with Crippen LogP contribution >= 0.6 is 0 Å². The van der Waals surface area contributed by atoms with Crippen molar-refractivity contribution in [1.29, 1.82) is 0 Å². The fourth-order valence-electron chi connectivity index (χ4n) is 9.01. The third-order valence-electron chi connectivity index (χ3n) is 9.84. The van der Waals surface area contributed by atoms with Gasteiger partial charge in [0.15, 0.2) is 0 Å². The fraction of sp³-hybridized carbons (Fsp3) is 0.778. The molecule has 0 aliphatic heterocycles. The maximum atomic E-state index is 2.81. The zero-order valence-corrected chi connectivity index (χ0v) is 22.8. The summed E-state index contributed by atoms with van der Waals surface area (Å²) in [5.74, 6) is 6.73. The van der Waals surface area contributed by atoms with Crippen molar-refractivity contribution < 1.29 is 51.0 Å². The van der Waals surface area contributed by atoms with Crippen molar-refractivity contribution in [2.75, 3.05) is 0 Å². The molecule has 0 aromatic carbocycles. The zero-order chi connectivity index (χ0) is 18.2. The summed E-state index contributed by atoms with van der Waals surface area (Å²) in [6.45, 7) is 4.96. The maximum absolute atomic E-state index is 2.81. The summed E-state index contributed by atoms with van der Waals surface area (Å²) >= 11 is 0. The monoisotopic (exact) mass is 522 g/mol. The van der Waals surface area contributed by atoms with Crippen molar-refractivity contribution in [3.8, 4) is 0 Å². The number of hydrogen-bond acceptors (Lipinski definition) is 0. The van der Waals surface area contributed by atoms with E-state index < -0.39 is 0 Å². The Morgan fingerprint density at radius 1 is 0.900 bits per heavy atom. The van der Waals surface area contributed by atoms with E-state index in [1.165, 1.54) is 32.1 Å². The molecule has 0 saturated heterocycles. The van der Waals surface area contributed by atoms with Gasteiger partial charge >= 0.3 is 26.2 Å². The van der Waals surface area contributed by atoms with Gasteiger partial charge in [0.25, 0.3) is 0 Å².